The second kappa shape index (κ2) is 12.3. The van der Waals surface area contributed by atoms with Gasteiger partial charge in [0.15, 0.2) is 11.5 Å². The number of carbonyl (C=O) groups is 2. The van der Waals surface area contributed by atoms with Gasteiger partial charge in [-0.15, -0.1) is 0 Å². The number of aliphatic hydroxyl groups excluding tert-OH is 1. The Morgan fingerprint density at radius 2 is 1.66 bits per heavy atom. The Labute approximate surface area is 223 Å². The van der Waals surface area contributed by atoms with Crippen molar-refractivity contribution in [3.8, 4) is 17.2 Å². The lowest BCUT2D eigenvalue weighted by atomic mass is 9.94. The molecule has 4 rings (SSSR count). The zero-order valence-electron chi connectivity index (χ0n) is 22.0. The highest BCUT2D eigenvalue weighted by Gasteiger charge is 2.46. The lowest BCUT2D eigenvalue weighted by Crippen LogP contribution is -2.31. The number of Topliss-reactive ketones (excluding diaryl/α,β-unsaturated/α-hetero) is 1. The molecular formula is C31H33NO6. The quantitative estimate of drug-likeness (QED) is 0.156. The predicted octanol–water partition coefficient (Wildman–Crippen LogP) is 5.55. The number of benzene rings is 3. The first-order chi connectivity index (χ1) is 18.5. The lowest BCUT2D eigenvalue weighted by molar-refractivity contribution is -0.139. The van der Waals surface area contributed by atoms with Crippen LogP contribution in [0.1, 0.15) is 42.5 Å². The first-order valence-electron chi connectivity index (χ1n) is 12.8. The van der Waals surface area contributed by atoms with Crippen LogP contribution in [0.25, 0.3) is 5.76 Å². The van der Waals surface area contributed by atoms with Crippen molar-refractivity contribution < 1.29 is 28.9 Å². The number of aliphatic hydroxyl groups is 1. The Kier molecular flexibility index (Phi) is 8.69. The average molecular weight is 516 g/mol. The minimum atomic E-state index is -0.792. The zero-order chi connectivity index (χ0) is 27.1. The molecule has 198 valence electrons. The van der Waals surface area contributed by atoms with Crippen LogP contribution >= 0.6 is 0 Å². The van der Waals surface area contributed by atoms with Crippen molar-refractivity contribution in [3.05, 3.63) is 95.1 Å². The second-order valence-corrected chi connectivity index (χ2v) is 9.07. The van der Waals surface area contributed by atoms with Crippen LogP contribution in [0.5, 0.6) is 17.2 Å². The van der Waals surface area contributed by atoms with Crippen molar-refractivity contribution in [1.82, 2.24) is 4.90 Å². The third-order valence-electron chi connectivity index (χ3n) is 6.65. The number of hydrogen-bond donors (Lipinski definition) is 1. The number of nitrogens with zero attached hydrogens (tertiary/aromatic N) is 1. The fourth-order valence-corrected chi connectivity index (χ4v) is 4.56. The highest BCUT2D eigenvalue weighted by atomic mass is 16.5. The third kappa shape index (κ3) is 5.67. The summed E-state index contributed by atoms with van der Waals surface area (Å²) >= 11 is 0. The summed E-state index contributed by atoms with van der Waals surface area (Å²) in [5.41, 5.74) is 2.14. The van der Waals surface area contributed by atoms with Crippen LogP contribution in [0.4, 0.5) is 0 Å². The molecule has 7 nitrogen and oxygen atoms in total. The largest absolute Gasteiger partial charge is 0.507 e. The fraction of sp³-hybridized carbons (Fsp3) is 0.290. The van der Waals surface area contributed by atoms with E-state index in [2.05, 4.69) is 6.92 Å². The first kappa shape index (κ1) is 26.8. The van der Waals surface area contributed by atoms with E-state index in [1.54, 1.807) is 50.6 Å². The molecule has 1 aliphatic rings. The van der Waals surface area contributed by atoms with Crippen molar-refractivity contribution >= 4 is 17.4 Å². The van der Waals surface area contributed by atoms with E-state index in [9.17, 15) is 14.7 Å². The molecule has 0 aromatic heterocycles. The maximum absolute atomic E-state index is 13.4. The minimum absolute atomic E-state index is 0.0370. The summed E-state index contributed by atoms with van der Waals surface area (Å²) < 4.78 is 16.7. The molecule has 0 saturated carbocycles. The van der Waals surface area contributed by atoms with Gasteiger partial charge in [-0.3, -0.25) is 9.59 Å². The summed E-state index contributed by atoms with van der Waals surface area (Å²) in [6.07, 6.45) is 2.47. The van der Waals surface area contributed by atoms with Gasteiger partial charge in [-0.2, -0.15) is 0 Å². The Hall–Kier alpha value is -4.26. The zero-order valence-corrected chi connectivity index (χ0v) is 22.0. The standard InChI is InChI=1S/C31H33NO6/c1-4-5-19-38-25-16-13-23(20-26(25)37-3)28-27(29(33)22-11-14-24(36-2)15-12-22)30(34)31(35)32(28)18-17-21-9-7-6-8-10-21/h6-16,20,28,33H,4-5,17-19H2,1-3H3/b29-27+. The summed E-state index contributed by atoms with van der Waals surface area (Å²) in [5.74, 6) is 0.0879. The number of rotatable bonds is 11. The van der Waals surface area contributed by atoms with Gasteiger partial charge in [-0.25, -0.2) is 0 Å². The topological polar surface area (TPSA) is 85.3 Å². The summed E-state index contributed by atoms with van der Waals surface area (Å²) in [6.45, 7) is 2.94. The number of hydrogen-bond acceptors (Lipinski definition) is 6. The number of unbranched alkanes of at least 4 members (excludes halogenated alkanes) is 1. The van der Waals surface area contributed by atoms with E-state index in [1.165, 1.54) is 4.90 Å². The van der Waals surface area contributed by atoms with E-state index in [0.29, 0.717) is 47.9 Å². The van der Waals surface area contributed by atoms with E-state index in [-0.39, 0.29) is 11.3 Å². The molecular weight excluding hydrogens is 482 g/mol. The number of carbonyl (C=O) groups excluding carboxylic acids is 2. The molecule has 0 aliphatic carbocycles. The molecule has 7 heteroatoms. The van der Waals surface area contributed by atoms with Gasteiger partial charge in [0.2, 0.25) is 0 Å². The molecule has 0 spiro atoms. The van der Waals surface area contributed by atoms with Crippen LogP contribution in [0.15, 0.2) is 78.4 Å². The highest BCUT2D eigenvalue weighted by Crippen LogP contribution is 2.42. The van der Waals surface area contributed by atoms with Gasteiger partial charge in [0.25, 0.3) is 11.7 Å². The first-order valence-corrected chi connectivity index (χ1v) is 12.8. The number of ketones is 1. The Balaban J connectivity index is 1.77. The Bertz CT molecular complexity index is 1300. The second-order valence-electron chi connectivity index (χ2n) is 9.07. The van der Waals surface area contributed by atoms with Gasteiger partial charge in [-0.05, 0) is 60.4 Å². The van der Waals surface area contributed by atoms with Crippen LogP contribution < -0.4 is 14.2 Å². The van der Waals surface area contributed by atoms with Gasteiger partial charge in [0.1, 0.15) is 11.5 Å². The molecule has 1 atom stereocenters. The summed E-state index contributed by atoms with van der Waals surface area (Å²) in [4.78, 5) is 28.2. The Morgan fingerprint density at radius 3 is 2.32 bits per heavy atom. The third-order valence-corrected chi connectivity index (χ3v) is 6.65. The van der Waals surface area contributed by atoms with Crippen molar-refractivity contribution in [3.63, 3.8) is 0 Å². The fourth-order valence-electron chi connectivity index (χ4n) is 4.56. The monoisotopic (exact) mass is 515 g/mol. The van der Waals surface area contributed by atoms with Crippen LogP contribution in [0.2, 0.25) is 0 Å². The number of likely N-dealkylation sites (tertiary alicyclic amines) is 1. The molecule has 0 bridgehead atoms. The molecule has 1 aliphatic heterocycles. The summed E-state index contributed by atoms with van der Waals surface area (Å²) in [5, 5.41) is 11.3. The molecule has 3 aromatic rings. The maximum Gasteiger partial charge on any atom is 0.295 e. The van der Waals surface area contributed by atoms with Crippen molar-refractivity contribution in [2.24, 2.45) is 0 Å². The number of amides is 1. The van der Waals surface area contributed by atoms with Crippen molar-refractivity contribution in [1.29, 1.82) is 0 Å². The van der Waals surface area contributed by atoms with Crippen LogP contribution in [-0.4, -0.2) is 49.1 Å². The van der Waals surface area contributed by atoms with E-state index < -0.39 is 17.7 Å². The summed E-state index contributed by atoms with van der Waals surface area (Å²) in [6, 6.07) is 21.1. The Morgan fingerprint density at radius 1 is 0.921 bits per heavy atom. The SMILES string of the molecule is CCCCOc1ccc(C2/C(=C(\O)c3ccc(OC)cc3)C(=O)C(=O)N2CCc2ccccc2)cc1OC. The van der Waals surface area contributed by atoms with Crippen molar-refractivity contribution in [2.75, 3.05) is 27.4 Å². The molecule has 0 radical (unpaired) electrons. The smallest absolute Gasteiger partial charge is 0.295 e. The highest BCUT2D eigenvalue weighted by molar-refractivity contribution is 6.46. The van der Waals surface area contributed by atoms with E-state index in [0.717, 1.165) is 18.4 Å². The lowest BCUT2D eigenvalue weighted by Gasteiger charge is -2.26. The van der Waals surface area contributed by atoms with Crippen molar-refractivity contribution in [2.45, 2.75) is 32.2 Å². The van der Waals surface area contributed by atoms with E-state index in [4.69, 9.17) is 14.2 Å². The number of ether oxygens (including phenoxy) is 3. The van der Waals surface area contributed by atoms with Gasteiger partial charge in [0.05, 0.1) is 32.4 Å². The molecule has 1 fully saturated rings. The molecule has 1 N–H and O–H groups in total. The normalized spacial score (nSPS) is 16.5. The van der Waals surface area contributed by atoms with Gasteiger partial charge in [-0.1, -0.05) is 49.7 Å². The van der Waals surface area contributed by atoms with Crippen LogP contribution in [-0.2, 0) is 16.0 Å². The van der Waals surface area contributed by atoms with Gasteiger partial charge < -0.3 is 24.2 Å². The van der Waals surface area contributed by atoms with Gasteiger partial charge >= 0.3 is 0 Å². The van der Waals surface area contributed by atoms with Gasteiger partial charge in [0, 0.05) is 12.1 Å². The molecule has 38 heavy (non-hydrogen) atoms. The summed E-state index contributed by atoms with van der Waals surface area (Å²) in [7, 11) is 3.10. The van der Waals surface area contributed by atoms with E-state index in [1.807, 2.05) is 36.4 Å². The minimum Gasteiger partial charge on any atom is -0.507 e. The average Bonchev–Trinajstić information content (AvgIpc) is 3.21. The van der Waals surface area contributed by atoms with E-state index >= 15 is 0 Å². The van der Waals surface area contributed by atoms with Crippen LogP contribution in [0.3, 0.4) is 0 Å². The molecule has 3 aromatic carbocycles. The molecule has 1 unspecified atom stereocenters. The predicted molar refractivity (Wildman–Crippen MR) is 146 cm³/mol. The molecule has 1 heterocycles. The molecule has 1 amide bonds. The van der Waals surface area contributed by atoms with Crippen LogP contribution in [0, 0.1) is 0 Å². The number of methoxy groups -OCH3 is 2. The maximum atomic E-state index is 13.4. The molecule has 1 saturated heterocycles.